The van der Waals surface area contributed by atoms with E-state index in [9.17, 15) is 9.59 Å². The van der Waals surface area contributed by atoms with Crippen molar-refractivity contribution in [3.8, 4) is 0 Å². The van der Waals surface area contributed by atoms with Gasteiger partial charge in [0.2, 0.25) is 6.35 Å². The SMILES string of the molecule is N=C1NC(=O)/C(=C/C2=CNC(O)NC2=O)S1. The number of carbonyl (C=O) groups is 2. The van der Waals surface area contributed by atoms with Gasteiger partial charge >= 0.3 is 0 Å². The number of hydrogen-bond acceptors (Lipinski definition) is 6. The predicted molar refractivity (Wildman–Crippen MR) is 56.9 cm³/mol. The summed E-state index contributed by atoms with van der Waals surface area (Å²) in [5.74, 6) is -0.889. The molecule has 5 N–H and O–H groups in total. The quantitative estimate of drug-likeness (QED) is 0.360. The average molecular weight is 240 g/mol. The minimum Gasteiger partial charge on any atom is -0.356 e. The van der Waals surface area contributed by atoms with Crippen molar-refractivity contribution in [3.05, 3.63) is 22.8 Å². The van der Waals surface area contributed by atoms with E-state index in [1.54, 1.807) is 0 Å². The van der Waals surface area contributed by atoms with Crippen LogP contribution in [0.5, 0.6) is 0 Å². The van der Waals surface area contributed by atoms with E-state index >= 15 is 0 Å². The largest absolute Gasteiger partial charge is 0.356 e. The highest BCUT2D eigenvalue weighted by atomic mass is 32.2. The van der Waals surface area contributed by atoms with Gasteiger partial charge in [-0.15, -0.1) is 0 Å². The molecule has 84 valence electrons. The minimum atomic E-state index is -1.11. The van der Waals surface area contributed by atoms with Crippen LogP contribution in [0.4, 0.5) is 0 Å². The lowest BCUT2D eigenvalue weighted by Gasteiger charge is -2.18. The highest BCUT2D eigenvalue weighted by molar-refractivity contribution is 8.18. The van der Waals surface area contributed by atoms with E-state index < -0.39 is 18.2 Å². The molecule has 2 amide bonds. The first kappa shape index (κ1) is 10.7. The van der Waals surface area contributed by atoms with E-state index in [1.807, 2.05) is 0 Å². The summed E-state index contributed by atoms with van der Waals surface area (Å²) in [5.41, 5.74) is 0.220. The van der Waals surface area contributed by atoms with Gasteiger partial charge in [-0.1, -0.05) is 0 Å². The molecule has 2 heterocycles. The summed E-state index contributed by atoms with van der Waals surface area (Å²) in [6.45, 7) is 0. The number of aliphatic hydroxyl groups is 1. The minimum absolute atomic E-state index is 0.0288. The van der Waals surface area contributed by atoms with Gasteiger partial charge < -0.3 is 21.1 Å². The second-order valence-corrected chi connectivity index (χ2v) is 4.09. The Hall–Kier alpha value is -1.80. The zero-order chi connectivity index (χ0) is 11.7. The van der Waals surface area contributed by atoms with Crippen molar-refractivity contribution in [2.45, 2.75) is 6.35 Å². The molecule has 0 aromatic carbocycles. The summed E-state index contributed by atoms with van der Waals surface area (Å²) < 4.78 is 0. The summed E-state index contributed by atoms with van der Waals surface area (Å²) in [7, 11) is 0. The first-order chi connectivity index (χ1) is 7.56. The average Bonchev–Trinajstić information content (AvgIpc) is 2.50. The van der Waals surface area contributed by atoms with Crippen LogP contribution < -0.4 is 16.0 Å². The Kier molecular flexibility index (Phi) is 2.67. The van der Waals surface area contributed by atoms with Gasteiger partial charge in [-0.3, -0.25) is 15.0 Å². The van der Waals surface area contributed by atoms with Crippen LogP contribution in [0.15, 0.2) is 22.8 Å². The third kappa shape index (κ3) is 2.07. The summed E-state index contributed by atoms with van der Waals surface area (Å²) in [4.78, 5) is 22.9. The molecule has 2 aliphatic rings. The zero-order valence-corrected chi connectivity index (χ0v) is 8.72. The number of carbonyl (C=O) groups excluding carboxylic acids is 2. The van der Waals surface area contributed by atoms with Crippen molar-refractivity contribution in [2.75, 3.05) is 0 Å². The Morgan fingerprint density at radius 1 is 1.44 bits per heavy atom. The second-order valence-electron chi connectivity index (χ2n) is 3.04. The van der Waals surface area contributed by atoms with Gasteiger partial charge in [-0.2, -0.15) is 0 Å². The third-order valence-electron chi connectivity index (χ3n) is 1.88. The lowest BCUT2D eigenvalue weighted by Crippen LogP contribution is -2.47. The van der Waals surface area contributed by atoms with E-state index in [4.69, 9.17) is 10.5 Å². The van der Waals surface area contributed by atoms with E-state index in [0.717, 1.165) is 11.8 Å². The second kappa shape index (κ2) is 3.99. The van der Waals surface area contributed by atoms with Crippen LogP contribution in [0.2, 0.25) is 0 Å². The van der Waals surface area contributed by atoms with E-state index in [0.29, 0.717) is 0 Å². The normalized spacial score (nSPS) is 27.3. The highest BCUT2D eigenvalue weighted by Crippen LogP contribution is 2.24. The van der Waals surface area contributed by atoms with Crippen LogP contribution in [0.3, 0.4) is 0 Å². The number of nitrogens with one attached hydrogen (secondary N) is 4. The fourth-order valence-electron chi connectivity index (χ4n) is 1.17. The van der Waals surface area contributed by atoms with E-state index in [1.165, 1.54) is 12.3 Å². The van der Waals surface area contributed by atoms with Crippen LogP contribution in [-0.4, -0.2) is 28.4 Å². The molecule has 1 saturated heterocycles. The fraction of sp³-hybridized carbons (Fsp3) is 0.125. The van der Waals surface area contributed by atoms with Crippen molar-refractivity contribution in [3.63, 3.8) is 0 Å². The molecule has 2 aliphatic heterocycles. The number of rotatable bonds is 1. The molecule has 0 aliphatic carbocycles. The summed E-state index contributed by atoms with van der Waals surface area (Å²) in [5, 5.41) is 23.3. The Bertz CT molecular complexity index is 443. The number of amides is 2. The molecule has 1 fully saturated rings. The lowest BCUT2D eigenvalue weighted by atomic mass is 10.2. The summed E-state index contributed by atoms with van der Waals surface area (Å²) in [6, 6.07) is 0. The van der Waals surface area contributed by atoms with Gasteiger partial charge in [0.1, 0.15) is 0 Å². The van der Waals surface area contributed by atoms with Crippen LogP contribution in [0.25, 0.3) is 0 Å². The molecule has 0 bridgehead atoms. The summed E-state index contributed by atoms with van der Waals surface area (Å²) >= 11 is 0.943. The Morgan fingerprint density at radius 3 is 2.75 bits per heavy atom. The molecule has 0 saturated carbocycles. The molecule has 16 heavy (non-hydrogen) atoms. The van der Waals surface area contributed by atoms with Gasteiger partial charge in [0, 0.05) is 6.20 Å². The van der Waals surface area contributed by atoms with Crippen LogP contribution in [-0.2, 0) is 9.59 Å². The maximum atomic E-state index is 11.4. The van der Waals surface area contributed by atoms with Gasteiger partial charge in [-0.05, 0) is 17.8 Å². The zero-order valence-electron chi connectivity index (χ0n) is 7.90. The number of amidine groups is 1. The molecule has 0 spiro atoms. The van der Waals surface area contributed by atoms with Gasteiger partial charge in [-0.25, -0.2) is 0 Å². The van der Waals surface area contributed by atoms with Crippen molar-refractivity contribution >= 4 is 28.7 Å². The van der Waals surface area contributed by atoms with Crippen LogP contribution >= 0.6 is 11.8 Å². The molecule has 0 radical (unpaired) electrons. The molecule has 2 rings (SSSR count). The number of thioether (sulfide) groups is 1. The van der Waals surface area contributed by atoms with Crippen molar-refractivity contribution in [1.29, 1.82) is 5.41 Å². The van der Waals surface area contributed by atoms with Crippen molar-refractivity contribution in [1.82, 2.24) is 16.0 Å². The predicted octanol–water partition coefficient (Wildman–Crippen LogP) is -1.45. The standard InChI is InChI=1S/C8H8N4O3S/c9-7-11-6(14)4(16-7)1-3-2-10-8(15)12-5(3)13/h1-2,8,10,15H,(H,12,13)(H2,9,11,14)/b4-1-. The Labute approximate surface area is 94.5 Å². The molecule has 0 aromatic heterocycles. The van der Waals surface area contributed by atoms with Crippen LogP contribution in [0, 0.1) is 5.41 Å². The number of hydrogen-bond donors (Lipinski definition) is 5. The first-order valence-electron chi connectivity index (χ1n) is 4.31. The smallest absolute Gasteiger partial charge is 0.264 e. The van der Waals surface area contributed by atoms with E-state index in [-0.39, 0.29) is 15.6 Å². The van der Waals surface area contributed by atoms with Crippen LogP contribution in [0.1, 0.15) is 0 Å². The van der Waals surface area contributed by atoms with Crippen molar-refractivity contribution in [2.24, 2.45) is 0 Å². The third-order valence-corrected chi connectivity index (χ3v) is 2.71. The maximum Gasteiger partial charge on any atom is 0.264 e. The molecule has 7 nitrogen and oxygen atoms in total. The maximum absolute atomic E-state index is 11.4. The number of aliphatic hydroxyl groups excluding tert-OH is 1. The Balaban J connectivity index is 2.21. The van der Waals surface area contributed by atoms with E-state index in [2.05, 4.69) is 16.0 Å². The highest BCUT2D eigenvalue weighted by Gasteiger charge is 2.25. The van der Waals surface area contributed by atoms with Gasteiger partial charge in [0.05, 0.1) is 10.5 Å². The Morgan fingerprint density at radius 2 is 2.19 bits per heavy atom. The van der Waals surface area contributed by atoms with Gasteiger partial charge in [0.15, 0.2) is 5.17 Å². The lowest BCUT2D eigenvalue weighted by molar-refractivity contribution is -0.121. The first-order valence-corrected chi connectivity index (χ1v) is 5.12. The monoisotopic (exact) mass is 240 g/mol. The van der Waals surface area contributed by atoms with Gasteiger partial charge in [0.25, 0.3) is 11.8 Å². The molecular weight excluding hydrogens is 232 g/mol. The summed E-state index contributed by atoms with van der Waals surface area (Å²) in [6.07, 6.45) is 1.56. The van der Waals surface area contributed by atoms with Crippen molar-refractivity contribution < 1.29 is 14.7 Å². The molecule has 1 unspecified atom stereocenters. The topological polar surface area (TPSA) is 114 Å². The molecular formula is C8H8N4O3S. The molecule has 8 heteroatoms. The molecule has 0 aromatic rings. The molecule has 1 atom stereocenters. The fourth-order valence-corrected chi connectivity index (χ4v) is 1.87.